The molecule has 5 heteroatoms. The number of benzene rings is 2. The molecule has 0 heterocycles. The largest absolute Gasteiger partial charge is 0.497 e. The number of carbonyl (C=O) groups excluding carboxylic acids is 2. The Morgan fingerprint density at radius 3 is 2.15 bits per heavy atom. The first-order valence-corrected chi connectivity index (χ1v) is 5.91. The number of carbonyl (C=O) groups is 2. The summed E-state index contributed by atoms with van der Waals surface area (Å²) in [5, 5.41) is 0. The maximum absolute atomic E-state index is 11.8. The molecule has 0 aromatic heterocycles. The van der Waals surface area contributed by atoms with E-state index in [1.165, 1.54) is 7.11 Å². The highest BCUT2D eigenvalue weighted by Crippen LogP contribution is 2.11. The Hall–Kier alpha value is -2.82. The molecule has 0 aliphatic carbocycles. The third-order valence-electron chi connectivity index (χ3n) is 2.60. The van der Waals surface area contributed by atoms with Crippen molar-refractivity contribution >= 4 is 11.9 Å². The van der Waals surface area contributed by atoms with Crippen LogP contribution in [-0.2, 0) is 4.84 Å². The van der Waals surface area contributed by atoms with Gasteiger partial charge in [-0.3, -0.25) is 4.79 Å². The van der Waals surface area contributed by atoms with Gasteiger partial charge in [-0.05, 0) is 36.4 Å². The highest BCUT2D eigenvalue weighted by Gasteiger charge is 2.10. The highest BCUT2D eigenvalue weighted by atomic mass is 16.7. The lowest BCUT2D eigenvalue weighted by molar-refractivity contribution is 0.0230. The third-order valence-corrected chi connectivity index (χ3v) is 2.60. The molecular formula is C15H13NO4. The van der Waals surface area contributed by atoms with Crippen LogP contribution in [-0.4, -0.2) is 19.0 Å². The van der Waals surface area contributed by atoms with Gasteiger partial charge in [0.2, 0.25) is 0 Å². The minimum absolute atomic E-state index is 0.363. The van der Waals surface area contributed by atoms with Crippen molar-refractivity contribution in [3.05, 3.63) is 65.7 Å². The summed E-state index contributed by atoms with van der Waals surface area (Å²) in [5.74, 6) is -0.479. The van der Waals surface area contributed by atoms with E-state index in [2.05, 4.69) is 5.48 Å². The van der Waals surface area contributed by atoms with Crippen molar-refractivity contribution in [3.8, 4) is 5.75 Å². The van der Waals surface area contributed by atoms with Crippen LogP contribution in [0.2, 0.25) is 0 Å². The zero-order chi connectivity index (χ0) is 14.4. The van der Waals surface area contributed by atoms with Gasteiger partial charge in [-0.15, -0.1) is 0 Å². The summed E-state index contributed by atoms with van der Waals surface area (Å²) in [6.07, 6.45) is 0. The summed E-state index contributed by atoms with van der Waals surface area (Å²) in [7, 11) is 1.54. The molecule has 0 saturated heterocycles. The molecule has 1 amide bonds. The fraction of sp³-hybridized carbons (Fsp3) is 0.0667. The first-order chi connectivity index (χ1) is 9.70. The van der Waals surface area contributed by atoms with Crippen molar-refractivity contribution in [2.75, 3.05) is 7.11 Å². The van der Waals surface area contributed by atoms with E-state index in [-0.39, 0.29) is 0 Å². The monoisotopic (exact) mass is 271 g/mol. The van der Waals surface area contributed by atoms with Gasteiger partial charge in [0, 0.05) is 5.56 Å². The van der Waals surface area contributed by atoms with Crippen molar-refractivity contribution in [2.45, 2.75) is 0 Å². The first-order valence-electron chi connectivity index (χ1n) is 5.91. The smallest absolute Gasteiger partial charge is 0.362 e. The molecule has 102 valence electrons. The molecule has 0 saturated carbocycles. The molecule has 0 aliphatic heterocycles. The average Bonchev–Trinajstić information content (AvgIpc) is 2.53. The van der Waals surface area contributed by atoms with E-state index in [1.54, 1.807) is 54.6 Å². The van der Waals surface area contributed by atoms with Crippen LogP contribution >= 0.6 is 0 Å². The predicted molar refractivity (Wildman–Crippen MR) is 72.3 cm³/mol. The number of hydroxylamine groups is 1. The summed E-state index contributed by atoms with van der Waals surface area (Å²) in [5.41, 5.74) is 2.84. The second kappa shape index (κ2) is 6.38. The molecular weight excluding hydrogens is 258 g/mol. The molecule has 0 unspecified atom stereocenters. The summed E-state index contributed by atoms with van der Waals surface area (Å²) < 4.78 is 4.99. The molecule has 2 rings (SSSR count). The molecule has 1 N–H and O–H groups in total. The van der Waals surface area contributed by atoms with E-state index in [0.717, 1.165) is 0 Å². The molecule has 2 aromatic carbocycles. The summed E-state index contributed by atoms with van der Waals surface area (Å²) in [4.78, 5) is 28.1. The van der Waals surface area contributed by atoms with Gasteiger partial charge in [-0.2, -0.15) is 5.48 Å². The lowest BCUT2D eigenvalue weighted by Crippen LogP contribution is -2.27. The Balaban J connectivity index is 1.93. The van der Waals surface area contributed by atoms with Crippen LogP contribution < -0.4 is 10.2 Å². The second-order valence-corrected chi connectivity index (χ2v) is 3.92. The number of hydrogen-bond donors (Lipinski definition) is 1. The fourth-order valence-corrected chi connectivity index (χ4v) is 1.53. The summed E-state index contributed by atoms with van der Waals surface area (Å²) in [6.45, 7) is 0. The van der Waals surface area contributed by atoms with Gasteiger partial charge in [0.25, 0.3) is 5.91 Å². The number of methoxy groups -OCH3 is 1. The SMILES string of the molecule is COc1ccc(C(=O)NOC(=O)c2ccccc2)cc1. The van der Waals surface area contributed by atoms with Gasteiger partial charge in [-0.25, -0.2) is 4.79 Å². The molecule has 0 aliphatic rings. The molecule has 5 nitrogen and oxygen atoms in total. The number of amides is 1. The minimum Gasteiger partial charge on any atom is -0.497 e. The average molecular weight is 271 g/mol. The van der Waals surface area contributed by atoms with E-state index >= 15 is 0 Å². The highest BCUT2D eigenvalue weighted by molar-refractivity contribution is 5.96. The van der Waals surface area contributed by atoms with Crippen molar-refractivity contribution < 1.29 is 19.2 Å². The van der Waals surface area contributed by atoms with Crippen LogP contribution in [0.1, 0.15) is 20.7 Å². The van der Waals surface area contributed by atoms with Gasteiger partial charge in [0.05, 0.1) is 12.7 Å². The number of nitrogens with one attached hydrogen (secondary N) is 1. The van der Waals surface area contributed by atoms with E-state index in [0.29, 0.717) is 16.9 Å². The van der Waals surface area contributed by atoms with E-state index < -0.39 is 11.9 Å². The number of hydrogen-bond acceptors (Lipinski definition) is 4. The van der Waals surface area contributed by atoms with Gasteiger partial charge >= 0.3 is 5.97 Å². The standard InChI is InChI=1S/C15H13NO4/c1-19-13-9-7-11(8-10-13)14(17)16-20-15(18)12-5-3-2-4-6-12/h2-10H,1H3,(H,16,17). The topological polar surface area (TPSA) is 64.6 Å². The quantitative estimate of drug-likeness (QED) is 0.869. The molecule has 2 aromatic rings. The molecule has 0 atom stereocenters. The Morgan fingerprint density at radius 2 is 1.55 bits per heavy atom. The fourth-order valence-electron chi connectivity index (χ4n) is 1.53. The Kier molecular flexibility index (Phi) is 4.34. The van der Waals surface area contributed by atoms with Crippen LogP contribution in [0.3, 0.4) is 0 Å². The summed E-state index contributed by atoms with van der Waals surface area (Å²) in [6, 6.07) is 14.8. The second-order valence-electron chi connectivity index (χ2n) is 3.92. The molecule has 0 fully saturated rings. The molecule has 0 radical (unpaired) electrons. The lowest BCUT2D eigenvalue weighted by atomic mass is 10.2. The third kappa shape index (κ3) is 3.35. The molecule has 0 bridgehead atoms. The lowest BCUT2D eigenvalue weighted by Gasteiger charge is -2.06. The molecule has 20 heavy (non-hydrogen) atoms. The number of rotatable bonds is 3. The van der Waals surface area contributed by atoms with Gasteiger partial charge in [0.15, 0.2) is 0 Å². The van der Waals surface area contributed by atoms with Crippen LogP contribution in [0.25, 0.3) is 0 Å². The first kappa shape index (κ1) is 13.6. The van der Waals surface area contributed by atoms with Crippen LogP contribution in [0.5, 0.6) is 5.75 Å². The maximum Gasteiger partial charge on any atom is 0.362 e. The van der Waals surface area contributed by atoms with Gasteiger partial charge in [-0.1, -0.05) is 18.2 Å². The van der Waals surface area contributed by atoms with Crippen molar-refractivity contribution in [3.63, 3.8) is 0 Å². The van der Waals surface area contributed by atoms with Gasteiger partial charge < -0.3 is 9.57 Å². The number of ether oxygens (including phenoxy) is 1. The van der Waals surface area contributed by atoms with Crippen LogP contribution in [0, 0.1) is 0 Å². The zero-order valence-corrected chi connectivity index (χ0v) is 10.8. The van der Waals surface area contributed by atoms with Crippen molar-refractivity contribution in [1.29, 1.82) is 0 Å². The van der Waals surface area contributed by atoms with Crippen molar-refractivity contribution in [1.82, 2.24) is 5.48 Å². The maximum atomic E-state index is 11.8. The van der Waals surface area contributed by atoms with E-state index in [9.17, 15) is 9.59 Å². The Labute approximate surface area is 116 Å². The predicted octanol–water partition coefficient (Wildman–Crippen LogP) is 2.20. The normalized spacial score (nSPS) is 9.65. The minimum atomic E-state index is -0.618. The molecule has 0 spiro atoms. The Bertz CT molecular complexity index is 593. The zero-order valence-electron chi connectivity index (χ0n) is 10.8. The Morgan fingerprint density at radius 1 is 0.900 bits per heavy atom. The van der Waals surface area contributed by atoms with E-state index in [4.69, 9.17) is 9.57 Å². The van der Waals surface area contributed by atoms with Crippen LogP contribution in [0.15, 0.2) is 54.6 Å². The van der Waals surface area contributed by atoms with Gasteiger partial charge in [0.1, 0.15) is 5.75 Å². The van der Waals surface area contributed by atoms with E-state index in [1.807, 2.05) is 0 Å². The van der Waals surface area contributed by atoms with Crippen molar-refractivity contribution in [2.24, 2.45) is 0 Å². The summed E-state index contributed by atoms with van der Waals surface area (Å²) >= 11 is 0. The van der Waals surface area contributed by atoms with Crippen LogP contribution in [0.4, 0.5) is 0 Å².